The van der Waals surface area contributed by atoms with E-state index in [-0.39, 0.29) is 5.41 Å². The third-order valence-corrected chi connectivity index (χ3v) is 4.24. The molecular formula is C16H21NO2S. The third kappa shape index (κ3) is 3.38. The molecule has 1 heterocycles. The summed E-state index contributed by atoms with van der Waals surface area (Å²) in [6.07, 6.45) is -0.682. The molecule has 1 N–H and O–H groups in total. The summed E-state index contributed by atoms with van der Waals surface area (Å²) in [7, 11) is 0. The SMILES string of the molecule is CCOc1ccc(C(O)c2csc(C(C)(C)C)n2)cc1. The maximum absolute atomic E-state index is 10.4. The predicted molar refractivity (Wildman–Crippen MR) is 82.5 cm³/mol. The Morgan fingerprint density at radius 1 is 1.25 bits per heavy atom. The predicted octanol–water partition coefficient (Wildman–Crippen LogP) is 3.92. The van der Waals surface area contributed by atoms with Gasteiger partial charge in [-0.15, -0.1) is 11.3 Å². The molecule has 1 atom stereocenters. The minimum absolute atomic E-state index is 0.0153. The molecule has 0 aliphatic carbocycles. The molecule has 0 saturated heterocycles. The second-order valence-electron chi connectivity index (χ2n) is 5.73. The van der Waals surface area contributed by atoms with Gasteiger partial charge in [0.15, 0.2) is 0 Å². The van der Waals surface area contributed by atoms with Crippen LogP contribution < -0.4 is 4.74 Å². The highest BCUT2D eigenvalue weighted by Gasteiger charge is 2.21. The Bertz CT molecular complexity index is 555. The summed E-state index contributed by atoms with van der Waals surface area (Å²) >= 11 is 1.59. The Labute approximate surface area is 124 Å². The molecule has 0 aliphatic heterocycles. The van der Waals surface area contributed by atoms with Crippen molar-refractivity contribution in [2.45, 2.75) is 39.2 Å². The highest BCUT2D eigenvalue weighted by atomic mass is 32.1. The first kappa shape index (κ1) is 15.0. The molecule has 1 unspecified atom stereocenters. The summed E-state index contributed by atoms with van der Waals surface area (Å²) in [6.45, 7) is 8.96. The summed E-state index contributed by atoms with van der Waals surface area (Å²) in [5.41, 5.74) is 1.56. The lowest BCUT2D eigenvalue weighted by Gasteiger charge is -2.14. The lowest BCUT2D eigenvalue weighted by Crippen LogP contribution is -2.11. The number of hydrogen-bond donors (Lipinski definition) is 1. The fraction of sp³-hybridized carbons (Fsp3) is 0.438. The van der Waals surface area contributed by atoms with E-state index in [2.05, 4.69) is 25.8 Å². The fourth-order valence-corrected chi connectivity index (χ4v) is 2.77. The molecule has 0 saturated carbocycles. The van der Waals surface area contributed by atoms with E-state index in [4.69, 9.17) is 4.74 Å². The van der Waals surface area contributed by atoms with Crippen molar-refractivity contribution >= 4 is 11.3 Å². The van der Waals surface area contributed by atoms with Crippen molar-refractivity contribution in [1.82, 2.24) is 4.98 Å². The topological polar surface area (TPSA) is 42.4 Å². The Morgan fingerprint density at radius 2 is 1.90 bits per heavy atom. The zero-order valence-corrected chi connectivity index (χ0v) is 13.2. The molecule has 2 rings (SSSR count). The van der Waals surface area contributed by atoms with E-state index in [9.17, 15) is 5.11 Å². The van der Waals surface area contributed by atoms with Gasteiger partial charge in [0, 0.05) is 10.8 Å². The zero-order chi connectivity index (χ0) is 14.8. The molecule has 108 valence electrons. The molecule has 0 radical (unpaired) electrons. The smallest absolute Gasteiger partial charge is 0.122 e. The number of benzene rings is 1. The van der Waals surface area contributed by atoms with Gasteiger partial charge in [-0.05, 0) is 24.6 Å². The van der Waals surface area contributed by atoms with Crippen molar-refractivity contribution in [1.29, 1.82) is 0 Å². The Hall–Kier alpha value is -1.39. The van der Waals surface area contributed by atoms with Gasteiger partial charge in [-0.3, -0.25) is 0 Å². The second-order valence-corrected chi connectivity index (χ2v) is 6.59. The molecule has 3 nitrogen and oxygen atoms in total. The van der Waals surface area contributed by atoms with Crippen molar-refractivity contribution in [3.05, 3.63) is 45.9 Å². The molecule has 0 spiro atoms. The lowest BCUT2D eigenvalue weighted by molar-refractivity contribution is 0.215. The molecule has 0 bridgehead atoms. The van der Waals surface area contributed by atoms with Crippen molar-refractivity contribution in [3.63, 3.8) is 0 Å². The van der Waals surface area contributed by atoms with Crippen LogP contribution in [-0.4, -0.2) is 16.7 Å². The van der Waals surface area contributed by atoms with Gasteiger partial charge in [0.2, 0.25) is 0 Å². The number of ether oxygens (including phenoxy) is 1. The molecule has 0 aliphatic rings. The van der Waals surface area contributed by atoms with Crippen LogP contribution >= 0.6 is 11.3 Å². The Morgan fingerprint density at radius 3 is 2.40 bits per heavy atom. The minimum atomic E-state index is -0.682. The maximum Gasteiger partial charge on any atom is 0.122 e. The van der Waals surface area contributed by atoms with Gasteiger partial charge >= 0.3 is 0 Å². The molecule has 20 heavy (non-hydrogen) atoms. The van der Waals surface area contributed by atoms with Gasteiger partial charge < -0.3 is 9.84 Å². The largest absolute Gasteiger partial charge is 0.494 e. The van der Waals surface area contributed by atoms with Gasteiger partial charge in [0.1, 0.15) is 11.9 Å². The number of aliphatic hydroxyl groups is 1. The first-order valence-corrected chi connectivity index (χ1v) is 7.66. The van der Waals surface area contributed by atoms with E-state index >= 15 is 0 Å². The Balaban J connectivity index is 2.18. The molecule has 4 heteroatoms. The van der Waals surface area contributed by atoms with E-state index in [1.54, 1.807) is 11.3 Å². The monoisotopic (exact) mass is 291 g/mol. The van der Waals surface area contributed by atoms with Crippen molar-refractivity contribution in [2.75, 3.05) is 6.61 Å². The first-order valence-electron chi connectivity index (χ1n) is 6.78. The molecule has 1 aromatic heterocycles. The number of aliphatic hydroxyl groups excluding tert-OH is 1. The minimum Gasteiger partial charge on any atom is -0.494 e. The van der Waals surface area contributed by atoms with E-state index in [1.807, 2.05) is 36.6 Å². The highest BCUT2D eigenvalue weighted by molar-refractivity contribution is 7.09. The van der Waals surface area contributed by atoms with E-state index < -0.39 is 6.10 Å². The highest BCUT2D eigenvalue weighted by Crippen LogP contribution is 2.30. The van der Waals surface area contributed by atoms with Crippen LogP contribution in [0.2, 0.25) is 0 Å². The number of rotatable bonds is 4. The maximum atomic E-state index is 10.4. The van der Waals surface area contributed by atoms with Gasteiger partial charge in [0.05, 0.1) is 17.3 Å². The molecule has 2 aromatic rings. The lowest BCUT2D eigenvalue weighted by atomic mass is 9.98. The Kier molecular flexibility index (Phi) is 4.45. The van der Waals surface area contributed by atoms with E-state index in [0.717, 1.165) is 16.3 Å². The van der Waals surface area contributed by atoms with Crippen LogP contribution in [0.4, 0.5) is 0 Å². The van der Waals surface area contributed by atoms with Gasteiger partial charge in [-0.2, -0.15) is 0 Å². The van der Waals surface area contributed by atoms with Gasteiger partial charge in [0.25, 0.3) is 0 Å². The molecule has 0 fully saturated rings. The average Bonchev–Trinajstić information content (AvgIpc) is 2.89. The second kappa shape index (κ2) is 5.94. The van der Waals surface area contributed by atoms with E-state index in [0.29, 0.717) is 12.3 Å². The third-order valence-electron chi connectivity index (χ3n) is 2.95. The van der Waals surface area contributed by atoms with Crippen LogP contribution in [0.25, 0.3) is 0 Å². The first-order chi connectivity index (χ1) is 9.41. The van der Waals surface area contributed by atoms with Gasteiger partial charge in [-0.25, -0.2) is 4.98 Å². The summed E-state index contributed by atoms with van der Waals surface area (Å²) in [6, 6.07) is 7.51. The van der Waals surface area contributed by atoms with Crippen molar-refractivity contribution in [3.8, 4) is 5.75 Å². The number of thiazole rings is 1. The van der Waals surface area contributed by atoms with Gasteiger partial charge in [-0.1, -0.05) is 32.9 Å². The molecule has 1 aromatic carbocycles. The van der Waals surface area contributed by atoms with Crippen molar-refractivity contribution < 1.29 is 9.84 Å². The zero-order valence-electron chi connectivity index (χ0n) is 12.4. The van der Waals surface area contributed by atoms with Crippen molar-refractivity contribution in [2.24, 2.45) is 0 Å². The summed E-state index contributed by atoms with van der Waals surface area (Å²) in [5, 5.41) is 13.4. The average molecular weight is 291 g/mol. The normalized spacial score (nSPS) is 13.2. The molecule has 0 amide bonds. The standard InChI is InChI=1S/C16H21NO2S/c1-5-19-12-8-6-11(7-9-12)14(18)13-10-20-15(17-13)16(2,3)4/h6-10,14,18H,5H2,1-4H3. The van der Waals surface area contributed by atoms with Crippen LogP contribution in [0, 0.1) is 0 Å². The van der Waals surface area contributed by atoms with E-state index in [1.165, 1.54) is 0 Å². The molecular weight excluding hydrogens is 270 g/mol. The summed E-state index contributed by atoms with van der Waals surface area (Å²) in [4.78, 5) is 4.55. The van der Waals surface area contributed by atoms with Crippen LogP contribution in [-0.2, 0) is 5.41 Å². The fourth-order valence-electron chi connectivity index (χ4n) is 1.84. The number of nitrogens with zero attached hydrogens (tertiary/aromatic N) is 1. The summed E-state index contributed by atoms with van der Waals surface area (Å²) < 4.78 is 5.40. The van der Waals surface area contributed by atoms with Crippen LogP contribution in [0.15, 0.2) is 29.6 Å². The van der Waals surface area contributed by atoms with Crippen LogP contribution in [0.1, 0.15) is 50.1 Å². The quantitative estimate of drug-likeness (QED) is 0.928. The number of aromatic nitrogens is 1. The van der Waals surface area contributed by atoms with Crippen LogP contribution in [0.3, 0.4) is 0 Å². The van der Waals surface area contributed by atoms with Crippen LogP contribution in [0.5, 0.6) is 5.75 Å². The summed E-state index contributed by atoms with van der Waals surface area (Å²) in [5.74, 6) is 0.817. The number of hydrogen-bond acceptors (Lipinski definition) is 4.